The summed E-state index contributed by atoms with van der Waals surface area (Å²) in [5, 5.41) is 2.93. The molecule has 2 rings (SSSR count). The van der Waals surface area contributed by atoms with Crippen molar-refractivity contribution in [3.63, 3.8) is 0 Å². The molecule has 0 atom stereocenters. The number of nitrogens with one attached hydrogen (secondary N) is 1. The van der Waals surface area contributed by atoms with Crippen molar-refractivity contribution in [3.05, 3.63) is 43.0 Å². The van der Waals surface area contributed by atoms with Crippen molar-refractivity contribution in [3.8, 4) is 5.69 Å². The summed E-state index contributed by atoms with van der Waals surface area (Å²) < 4.78 is 28.4. The van der Waals surface area contributed by atoms with Crippen LogP contribution in [0.1, 0.15) is 71.1 Å². The van der Waals surface area contributed by atoms with E-state index in [2.05, 4.69) is 12.2 Å². The zero-order valence-corrected chi connectivity index (χ0v) is 21.0. The normalized spacial score (nSPS) is 11.4. The summed E-state index contributed by atoms with van der Waals surface area (Å²) in [6.45, 7) is 2.23. The van der Waals surface area contributed by atoms with Crippen molar-refractivity contribution >= 4 is 21.8 Å². The molecule has 1 aromatic carbocycles. The average Bonchev–Trinajstić information content (AvgIpc) is 3.24. The van der Waals surface area contributed by atoms with Crippen molar-refractivity contribution in [1.29, 1.82) is 0 Å². The van der Waals surface area contributed by atoms with E-state index in [0.717, 1.165) is 32.5 Å². The van der Waals surface area contributed by atoms with E-state index < -0.39 is 10.2 Å². The highest BCUT2D eigenvalue weighted by molar-refractivity contribution is 7.82. The van der Waals surface area contributed by atoms with Gasteiger partial charge in [-0.05, 0) is 30.7 Å². The van der Waals surface area contributed by atoms with Gasteiger partial charge in [-0.1, -0.05) is 58.3 Å². The number of hydrogen-bond acceptors (Lipinski definition) is 3. The molecule has 0 bridgehead atoms. The number of rotatable bonds is 14. The monoisotopic (exact) mass is 484 g/mol. The lowest BCUT2D eigenvalue weighted by atomic mass is 10.1. The maximum absolute atomic E-state index is 12.2. The first-order chi connectivity index (χ1) is 14.8. The Kier molecular flexibility index (Phi) is 12.6. The van der Waals surface area contributed by atoms with Crippen molar-refractivity contribution < 1.29 is 29.6 Å². The molecule has 2 aromatic rings. The maximum Gasteiger partial charge on any atom is 0.379 e. The average molecular weight is 485 g/mol. The lowest BCUT2D eigenvalue weighted by Gasteiger charge is -2.06. The number of unbranched alkanes of at least 4 members (excludes halogenated alkanes) is 8. The Morgan fingerprint density at radius 2 is 1.53 bits per heavy atom. The predicted molar refractivity (Wildman–Crippen MR) is 124 cm³/mol. The number of imidazole rings is 1. The molecule has 180 valence electrons. The molecule has 0 spiro atoms. The Hall–Kier alpha value is -1.90. The first-order valence-corrected chi connectivity index (χ1v) is 12.7. The van der Waals surface area contributed by atoms with E-state index in [0.29, 0.717) is 6.42 Å². The SMILES string of the molecule is CCCCCCCCCCCC(=O)Nc1ccc(-n2cc[n+](S(=O)(=O)N(C)C)c2)cc1.[Cl-]. The minimum atomic E-state index is -3.54. The van der Waals surface area contributed by atoms with E-state index in [-0.39, 0.29) is 18.3 Å². The van der Waals surface area contributed by atoms with Crippen LogP contribution in [0.4, 0.5) is 5.69 Å². The summed E-state index contributed by atoms with van der Waals surface area (Å²) in [5.74, 6) is 0.0339. The van der Waals surface area contributed by atoms with Crippen LogP contribution < -0.4 is 21.7 Å². The van der Waals surface area contributed by atoms with E-state index in [1.165, 1.54) is 71.6 Å². The highest BCUT2D eigenvalue weighted by Gasteiger charge is 2.23. The molecule has 0 unspecified atom stereocenters. The van der Waals surface area contributed by atoms with Gasteiger partial charge in [0.15, 0.2) is 0 Å². The van der Waals surface area contributed by atoms with Crippen LogP contribution in [0.5, 0.6) is 0 Å². The van der Waals surface area contributed by atoms with Gasteiger partial charge in [-0.3, -0.25) is 4.79 Å². The number of benzene rings is 1. The molecule has 1 heterocycles. The molecule has 1 aromatic heterocycles. The maximum atomic E-state index is 12.2. The molecular formula is C23H37ClN4O3S. The van der Waals surface area contributed by atoms with Gasteiger partial charge in [-0.15, -0.1) is 3.97 Å². The van der Waals surface area contributed by atoms with Crippen LogP contribution in [0.25, 0.3) is 5.69 Å². The fourth-order valence-corrected chi connectivity index (χ4v) is 4.16. The van der Waals surface area contributed by atoms with Crippen LogP contribution in [0.15, 0.2) is 43.0 Å². The van der Waals surface area contributed by atoms with Gasteiger partial charge in [0.05, 0.1) is 0 Å². The van der Waals surface area contributed by atoms with Gasteiger partial charge in [-0.25, -0.2) is 4.57 Å². The first kappa shape index (κ1) is 28.1. The molecule has 9 heteroatoms. The van der Waals surface area contributed by atoms with Crippen molar-refractivity contribution in [2.75, 3.05) is 19.4 Å². The summed E-state index contributed by atoms with van der Waals surface area (Å²) in [5.41, 5.74) is 1.55. The molecule has 0 saturated heterocycles. The highest BCUT2D eigenvalue weighted by atomic mass is 35.5. The molecule has 0 aliphatic rings. The molecule has 0 saturated carbocycles. The lowest BCUT2D eigenvalue weighted by Crippen LogP contribution is -3.00. The Morgan fingerprint density at radius 3 is 2.09 bits per heavy atom. The van der Waals surface area contributed by atoms with Crippen LogP contribution in [-0.4, -0.2) is 37.3 Å². The quantitative estimate of drug-likeness (QED) is 0.324. The van der Waals surface area contributed by atoms with Gasteiger partial charge < -0.3 is 17.7 Å². The Balaban J connectivity index is 0.00000512. The van der Waals surface area contributed by atoms with Gasteiger partial charge in [0.1, 0.15) is 18.1 Å². The molecule has 1 N–H and O–H groups in total. The number of anilines is 1. The molecule has 32 heavy (non-hydrogen) atoms. The van der Waals surface area contributed by atoms with Crippen LogP contribution >= 0.6 is 0 Å². The van der Waals surface area contributed by atoms with Crippen LogP contribution in [0.3, 0.4) is 0 Å². The number of hydrogen-bond donors (Lipinski definition) is 1. The Bertz CT molecular complexity index is 912. The lowest BCUT2D eigenvalue weighted by molar-refractivity contribution is -0.514. The molecule has 0 aliphatic heterocycles. The van der Waals surface area contributed by atoms with E-state index in [4.69, 9.17) is 0 Å². The van der Waals surface area contributed by atoms with Crippen LogP contribution in [0.2, 0.25) is 0 Å². The number of aromatic nitrogens is 2. The third-order valence-electron chi connectivity index (χ3n) is 5.30. The second-order valence-corrected chi connectivity index (χ2v) is 10.2. The minimum absolute atomic E-state index is 0. The molecule has 1 amide bonds. The zero-order valence-electron chi connectivity index (χ0n) is 19.5. The zero-order chi connectivity index (χ0) is 22.7. The molecule has 0 radical (unpaired) electrons. The molecule has 0 fully saturated rings. The number of halogens is 1. The largest absolute Gasteiger partial charge is 1.00 e. The minimum Gasteiger partial charge on any atom is -1.00 e. The van der Waals surface area contributed by atoms with Gasteiger partial charge in [0, 0.05) is 26.2 Å². The molecule has 0 aliphatic carbocycles. The van der Waals surface area contributed by atoms with E-state index in [1.807, 2.05) is 24.3 Å². The summed E-state index contributed by atoms with van der Waals surface area (Å²) in [7, 11) is -0.553. The predicted octanol–water partition coefficient (Wildman–Crippen LogP) is 1.28. The van der Waals surface area contributed by atoms with E-state index in [1.54, 1.807) is 10.8 Å². The van der Waals surface area contributed by atoms with E-state index in [9.17, 15) is 13.2 Å². The van der Waals surface area contributed by atoms with Crippen molar-refractivity contribution in [2.45, 2.75) is 71.1 Å². The van der Waals surface area contributed by atoms with Crippen molar-refractivity contribution in [2.24, 2.45) is 0 Å². The topological polar surface area (TPSA) is 75.3 Å². The smallest absolute Gasteiger partial charge is 0.379 e. The number of carbonyl (C=O) groups excluding carboxylic acids is 1. The van der Waals surface area contributed by atoms with Crippen LogP contribution in [-0.2, 0) is 15.0 Å². The van der Waals surface area contributed by atoms with Gasteiger partial charge in [-0.2, -0.15) is 12.7 Å². The Labute approximate surface area is 199 Å². The summed E-state index contributed by atoms with van der Waals surface area (Å²) in [6, 6.07) is 7.35. The van der Waals surface area contributed by atoms with Crippen molar-refractivity contribution in [1.82, 2.24) is 8.87 Å². The third kappa shape index (κ3) is 8.92. The first-order valence-electron chi connectivity index (χ1n) is 11.3. The number of nitrogens with zero attached hydrogens (tertiary/aromatic N) is 3. The fraction of sp³-hybridized carbons (Fsp3) is 0.565. The highest BCUT2D eigenvalue weighted by Crippen LogP contribution is 2.15. The third-order valence-corrected chi connectivity index (χ3v) is 6.97. The summed E-state index contributed by atoms with van der Waals surface area (Å²) >= 11 is 0. The number of carbonyl (C=O) groups is 1. The summed E-state index contributed by atoms with van der Waals surface area (Å²) in [6.07, 6.45) is 16.3. The number of amides is 1. The Morgan fingerprint density at radius 1 is 0.969 bits per heavy atom. The van der Waals surface area contributed by atoms with Gasteiger partial charge in [0.2, 0.25) is 5.91 Å². The standard InChI is InChI=1S/C23H36N4O3S.ClH/c1-4-5-6-7-8-9-10-11-12-13-23(28)24-21-14-16-22(17-15-21)26-18-19-27(20-26)31(29,30)25(2)3;/h14-20H,4-13H2,1-3H3;1H. The van der Waals surface area contributed by atoms with Gasteiger partial charge in [0.25, 0.3) is 6.33 Å². The second-order valence-electron chi connectivity index (χ2n) is 8.11. The van der Waals surface area contributed by atoms with Crippen LogP contribution in [0, 0.1) is 0 Å². The fourth-order valence-electron chi connectivity index (χ4n) is 3.35. The molecule has 7 nitrogen and oxygen atoms in total. The summed E-state index contributed by atoms with van der Waals surface area (Å²) in [4.78, 5) is 12.2. The van der Waals surface area contributed by atoms with E-state index >= 15 is 0 Å². The second kappa shape index (κ2) is 14.3. The van der Waals surface area contributed by atoms with Gasteiger partial charge >= 0.3 is 10.2 Å². The molecular weight excluding hydrogens is 448 g/mol.